The second-order valence-electron chi connectivity index (χ2n) is 10.4. The number of aliphatic carboxylic acids is 1. The molecule has 0 spiro atoms. The Morgan fingerprint density at radius 1 is 0.614 bits per heavy atom. The molecule has 2 heterocycles. The maximum absolute atomic E-state index is 11.4. The molecule has 0 saturated heterocycles. The Kier molecular flexibility index (Phi) is 6.74. The van der Waals surface area contributed by atoms with Crippen LogP contribution in [0.3, 0.4) is 0 Å². The van der Waals surface area contributed by atoms with Crippen LogP contribution in [-0.2, 0) is 4.79 Å². The van der Waals surface area contributed by atoms with Crippen LogP contribution < -0.4 is 4.90 Å². The van der Waals surface area contributed by atoms with Crippen molar-refractivity contribution < 1.29 is 9.90 Å². The first-order valence-corrected chi connectivity index (χ1v) is 14.1. The SMILES string of the molecule is [C-]#[N+]C(=Cc1ccc(N(c2ccc(-n3ccc4ccccc43)cc2)c2ccc(-n3ccc4ccccc43)cc2)cc1)C(=O)O. The molecule has 0 unspecified atom stereocenters. The smallest absolute Gasteiger partial charge is 0.333 e. The first-order chi connectivity index (χ1) is 21.6. The number of hydrogen-bond donors (Lipinski definition) is 1. The minimum atomic E-state index is -1.24. The van der Waals surface area contributed by atoms with Crippen LogP contribution in [0, 0.1) is 6.57 Å². The molecule has 6 nitrogen and oxygen atoms in total. The number of carboxylic acids is 1. The van der Waals surface area contributed by atoms with Gasteiger partial charge in [0.05, 0.1) is 17.6 Å². The summed E-state index contributed by atoms with van der Waals surface area (Å²) in [6.07, 6.45) is 5.56. The van der Waals surface area contributed by atoms with Gasteiger partial charge in [-0.2, -0.15) is 0 Å². The first kappa shape index (κ1) is 26.6. The molecule has 7 aromatic rings. The van der Waals surface area contributed by atoms with Gasteiger partial charge in [0.1, 0.15) is 0 Å². The summed E-state index contributed by atoms with van der Waals surface area (Å²) in [5.74, 6) is -1.24. The van der Waals surface area contributed by atoms with Crippen molar-refractivity contribution >= 4 is 50.9 Å². The highest BCUT2D eigenvalue weighted by molar-refractivity contribution is 5.94. The molecule has 0 bridgehead atoms. The Morgan fingerprint density at radius 2 is 1.05 bits per heavy atom. The van der Waals surface area contributed by atoms with E-state index in [1.54, 1.807) is 0 Å². The Bertz CT molecular complexity index is 2080. The molecule has 1 N–H and O–H groups in total. The highest BCUT2D eigenvalue weighted by Crippen LogP contribution is 2.36. The van der Waals surface area contributed by atoms with Crippen molar-refractivity contribution in [3.8, 4) is 11.4 Å². The lowest BCUT2D eigenvalue weighted by Crippen LogP contribution is -2.10. The maximum Gasteiger partial charge on any atom is 0.333 e. The van der Waals surface area contributed by atoms with Crippen LogP contribution >= 0.6 is 0 Å². The molecular weight excluding hydrogens is 544 g/mol. The topological polar surface area (TPSA) is 54.8 Å². The molecule has 2 aromatic heterocycles. The number of aromatic nitrogens is 2. The number of para-hydroxylation sites is 2. The largest absolute Gasteiger partial charge is 0.486 e. The van der Waals surface area contributed by atoms with Crippen LogP contribution in [0.2, 0.25) is 0 Å². The first-order valence-electron chi connectivity index (χ1n) is 14.1. The zero-order chi connectivity index (χ0) is 30.0. The molecule has 0 amide bonds. The predicted octanol–water partition coefficient (Wildman–Crippen LogP) is 9.39. The Hall–Kier alpha value is -6.32. The number of nitrogens with zero attached hydrogens (tertiary/aromatic N) is 4. The monoisotopic (exact) mass is 570 g/mol. The zero-order valence-electron chi connectivity index (χ0n) is 23.6. The molecule has 6 heteroatoms. The van der Waals surface area contributed by atoms with E-state index in [0.717, 1.165) is 39.5 Å². The molecule has 44 heavy (non-hydrogen) atoms. The summed E-state index contributed by atoms with van der Waals surface area (Å²) in [6.45, 7) is 7.17. The lowest BCUT2D eigenvalue weighted by atomic mass is 10.1. The van der Waals surface area contributed by atoms with Gasteiger partial charge in [0, 0.05) is 40.8 Å². The van der Waals surface area contributed by atoms with Gasteiger partial charge in [-0.25, -0.2) is 4.85 Å². The number of benzene rings is 5. The summed E-state index contributed by atoms with van der Waals surface area (Å²) in [4.78, 5) is 16.6. The third kappa shape index (κ3) is 4.89. The van der Waals surface area contributed by atoms with E-state index >= 15 is 0 Å². The lowest BCUT2D eigenvalue weighted by molar-refractivity contribution is -0.132. The van der Waals surface area contributed by atoms with E-state index < -0.39 is 5.97 Å². The summed E-state index contributed by atoms with van der Waals surface area (Å²) in [7, 11) is 0. The van der Waals surface area contributed by atoms with Crippen LogP contribution in [0.1, 0.15) is 5.56 Å². The molecule has 0 atom stereocenters. The zero-order valence-corrected chi connectivity index (χ0v) is 23.6. The maximum atomic E-state index is 11.4. The average molecular weight is 571 g/mol. The number of anilines is 3. The Balaban J connectivity index is 1.28. The van der Waals surface area contributed by atoms with Crippen LogP contribution in [0.4, 0.5) is 17.1 Å². The number of hydrogen-bond acceptors (Lipinski definition) is 2. The minimum Gasteiger partial charge on any atom is -0.486 e. The predicted molar refractivity (Wildman–Crippen MR) is 177 cm³/mol. The van der Waals surface area contributed by atoms with E-state index in [4.69, 9.17) is 6.57 Å². The van der Waals surface area contributed by atoms with Crippen molar-refractivity contribution in [2.24, 2.45) is 0 Å². The van der Waals surface area contributed by atoms with E-state index in [-0.39, 0.29) is 5.70 Å². The average Bonchev–Trinajstić information content (AvgIpc) is 3.70. The van der Waals surface area contributed by atoms with Gasteiger partial charge in [0.15, 0.2) is 0 Å². The summed E-state index contributed by atoms with van der Waals surface area (Å²) < 4.78 is 4.36. The van der Waals surface area contributed by atoms with Crippen LogP contribution in [-0.4, -0.2) is 20.2 Å². The quantitative estimate of drug-likeness (QED) is 0.153. The second kappa shape index (κ2) is 11.2. The highest BCUT2D eigenvalue weighted by Gasteiger charge is 2.15. The van der Waals surface area contributed by atoms with Crippen LogP contribution in [0.5, 0.6) is 0 Å². The van der Waals surface area contributed by atoms with Crippen LogP contribution in [0.15, 0.2) is 152 Å². The molecule has 0 aliphatic rings. The van der Waals surface area contributed by atoms with Crippen molar-refractivity contribution in [2.75, 3.05) is 4.90 Å². The van der Waals surface area contributed by atoms with Gasteiger partial charge in [0.2, 0.25) is 0 Å². The summed E-state index contributed by atoms with van der Waals surface area (Å²) >= 11 is 0. The van der Waals surface area contributed by atoms with E-state index in [1.807, 2.05) is 48.5 Å². The minimum absolute atomic E-state index is 0.323. The van der Waals surface area contributed by atoms with Crippen molar-refractivity contribution in [3.05, 3.63) is 169 Å². The van der Waals surface area contributed by atoms with Gasteiger partial charge < -0.3 is 19.1 Å². The fourth-order valence-electron chi connectivity index (χ4n) is 5.61. The summed E-state index contributed by atoms with van der Waals surface area (Å²) in [5, 5.41) is 11.7. The van der Waals surface area contributed by atoms with Crippen molar-refractivity contribution in [2.45, 2.75) is 0 Å². The van der Waals surface area contributed by atoms with E-state index in [0.29, 0.717) is 5.56 Å². The third-order valence-electron chi connectivity index (χ3n) is 7.77. The van der Waals surface area contributed by atoms with Gasteiger partial charge in [-0.3, -0.25) is 4.79 Å². The van der Waals surface area contributed by atoms with E-state index in [9.17, 15) is 9.90 Å². The molecule has 0 radical (unpaired) electrons. The molecule has 7 rings (SSSR count). The molecule has 0 saturated carbocycles. The lowest BCUT2D eigenvalue weighted by Gasteiger charge is -2.26. The van der Waals surface area contributed by atoms with E-state index in [1.165, 1.54) is 16.8 Å². The molecule has 210 valence electrons. The molecule has 0 fully saturated rings. The standard InChI is InChI=1S/C38H26N4O2/c1-39-35(38(43)44)26-27-10-12-32(13-11-27)42(33-18-14-30(15-19-33)40-24-22-28-6-2-4-8-36(28)40)34-20-16-31(17-21-34)41-25-23-29-7-3-5-9-37(29)41/h2-26H,(H,43,44). The Morgan fingerprint density at radius 3 is 1.48 bits per heavy atom. The molecule has 0 aliphatic heterocycles. The number of carboxylic acid groups (broad SMARTS) is 1. The van der Waals surface area contributed by atoms with Gasteiger partial charge >= 0.3 is 5.97 Å². The number of rotatable bonds is 7. The van der Waals surface area contributed by atoms with Crippen molar-refractivity contribution in [3.63, 3.8) is 0 Å². The summed E-state index contributed by atoms with van der Waals surface area (Å²) in [6, 6.07) is 45.3. The van der Waals surface area contributed by atoms with E-state index in [2.05, 4.69) is 116 Å². The normalized spacial score (nSPS) is 11.5. The molecular formula is C38H26N4O2. The number of carbonyl (C=O) groups is 1. The fourth-order valence-corrected chi connectivity index (χ4v) is 5.61. The van der Waals surface area contributed by atoms with Gasteiger partial charge in [-0.15, -0.1) is 0 Å². The van der Waals surface area contributed by atoms with Crippen LogP contribution in [0.25, 0.3) is 44.1 Å². The summed E-state index contributed by atoms with van der Waals surface area (Å²) in [5.41, 5.74) is 7.59. The number of fused-ring (bicyclic) bond motifs is 2. The Labute approximate surface area is 254 Å². The fraction of sp³-hybridized carbons (Fsp3) is 0. The second-order valence-corrected chi connectivity index (χ2v) is 10.4. The van der Waals surface area contributed by atoms with Gasteiger partial charge in [-0.1, -0.05) is 48.5 Å². The highest BCUT2D eigenvalue weighted by atomic mass is 16.4. The molecule has 0 aliphatic carbocycles. The third-order valence-corrected chi connectivity index (χ3v) is 7.77. The molecule has 5 aromatic carbocycles. The van der Waals surface area contributed by atoms with Gasteiger partial charge in [0.25, 0.3) is 5.70 Å². The van der Waals surface area contributed by atoms with Crippen molar-refractivity contribution in [1.29, 1.82) is 0 Å². The van der Waals surface area contributed by atoms with Gasteiger partial charge in [-0.05, 0) is 107 Å². The van der Waals surface area contributed by atoms with Crippen molar-refractivity contribution in [1.82, 2.24) is 9.13 Å².